The van der Waals surface area contributed by atoms with Crippen molar-refractivity contribution in [2.24, 2.45) is 7.05 Å². The van der Waals surface area contributed by atoms with Gasteiger partial charge in [0.05, 0.1) is 29.5 Å². The number of pyridine rings is 1. The molecule has 26 heavy (non-hydrogen) atoms. The van der Waals surface area contributed by atoms with E-state index in [4.69, 9.17) is 4.74 Å². The molecule has 1 N–H and O–H groups in total. The fourth-order valence-corrected chi connectivity index (χ4v) is 3.61. The van der Waals surface area contributed by atoms with Gasteiger partial charge in [-0.1, -0.05) is 0 Å². The number of piperazine rings is 1. The number of anilines is 1. The second-order valence-corrected chi connectivity index (χ2v) is 6.79. The van der Waals surface area contributed by atoms with Crippen LogP contribution in [0.1, 0.15) is 29.9 Å². The van der Waals surface area contributed by atoms with E-state index in [-0.39, 0.29) is 12.1 Å². The number of carbonyl (C=O) groups excluding carboxylic acids is 1. The van der Waals surface area contributed by atoms with Crippen LogP contribution >= 0.6 is 0 Å². The highest BCUT2D eigenvalue weighted by molar-refractivity contribution is 6.05. The molecule has 0 aromatic carbocycles. The van der Waals surface area contributed by atoms with Crippen LogP contribution in [0.2, 0.25) is 0 Å². The average molecular weight is 361 g/mol. The number of aliphatic hydroxyl groups excluding tert-OH is 1. The summed E-state index contributed by atoms with van der Waals surface area (Å²) >= 11 is 0. The van der Waals surface area contributed by atoms with E-state index in [0.29, 0.717) is 18.7 Å². The Hall–Kier alpha value is -2.19. The Labute approximate surface area is 153 Å². The van der Waals surface area contributed by atoms with Gasteiger partial charge in [0.15, 0.2) is 5.65 Å². The Bertz CT molecular complexity index is 794. The van der Waals surface area contributed by atoms with Gasteiger partial charge in [0.1, 0.15) is 5.56 Å². The van der Waals surface area contributed by atoms with Crippen LogP contribution in [-0.4, -0.2) is 76.2 Å². The summed E-state index contributed by atoms with van der Waals surface area (Å²) in [6.07, 6.45) is 1.25. The number of aliphatic hydroxyl groups is 1. The second-order valence-electron chi connectivity index (χ2n) is 6.79. The van der Waals surface area contributed by atoms with Crippen LogP contribution in [-0.2, 0) is 11.8 Å². The van der Waals surface area contributed by atoms with Gasteiger partial charge >= 0.3 is 5.97 Å². The predicted octanol–water partition coefficient (Wildman–Crippen LogP) is 0.956. The van der Waals surface area contributed by atoms with Crippen LogP contribution in [0.15, 0.2) is 6.20 Å². The number of ether oxygens (including phenoxy) is 1. The molecule has 142 valence electrons. The Morgan fingerprint density at radius 1 is 1.35 bits per heavy atom. The topological polar surface area (TPSA) is 83.7 Å². The van der Waals surface area contributed by atoms with Crippen molar-refractivity contribution < 1.29 is 14.6 Å². The fraction of sp³-hybridized carbons (Fsp3) is 0.611. The molecule has 8 heteroatoms. The molecule has 0 spiro atoms. The molecule has 0 unspecified atom stereocenters. The molecule has 8 nitrogen and oxygen atoms in total. The van der Waals surface area contributed by atoms with Crippen LogP contribution in [0, 0.1) is 6.92 Å². The van der Waals surface area contributed by atoms with Crippen molar-refractivity contribution in [3.05, 3.63) is 17.5 Å². The van der Waals surface area contributed by atoms with Gasteiger partial charge in [-0.15, -0.1) is 0 Å². The number of aryl methyl sites for hydroxylation is 2. The molecule has 1 atom stereocenters. The number of carbonyl (C=O) groups is 1. The molecule has 1 fully saturated rings. The summed E-state index contributed by atoms with van der Waals surface area (Å²) < 4.78 is 7.00. The third kappa shape index (κ3) is 3.52. The molecule has 3 heterocycles. The minimum absolute atomic E-state index is 0.324. The van der Waals surface area contributed by atoms with Crippen molar-refractivity contribution in [1.29, 1.82) is 0 Å². The van der Waals surface area contributed by atoms with Gasteiger partial charge in [-0.05, 0) is 20.8 Å². The quantitative estimate of drug-likeness (QED) is 0.794. The zero-order chi connectivity index (χ0) is 18.8. The standard InChI is InChI=1S/C18H27N5O3/c1-5-26-18(25)14-10-19-17-15(13(3)20-21(17)4)16(14)23-8-6-22(7-9-23)11-12(2)24/h10,12,24H,5-9,11H2,1-4H3/t12-/m1/s1. The number of nitrogens with zero attached hydrogens (tertiary/aromatic N) is 5. The summed E-state index contributed by atoms with van der Waals surface area (Å²) in [4.78, 5) is 21.4. The summed E-state index contributed by atoms with van der Waals surface area (Å²) in [5.74, 6) is -0.355. The van der Waals surface area contributed by atoms with Crippen molar-refractivity contribution in [3.8, 4) is 0 Å². The number of fused-ring (bicyclic) bond motifs is 1. The lowest BCUT2D eigenvalue weighted by molar-refractivity contribution is 0.0526. The molecule has 1 aliphatic rings. The first-order chi connectivity index (χ1) is 12.4. The van der Waals surface area contributed by atoms with E-state index in [1.165, 1.54) is 0 Å². The Balaban J connectivity index is 2.00. The highest BCUT2D eigenvalue weighted by atomic mass is 16.5. The molecule has 0 radical (unpaired) electrons. The summed E-state index contributed by atoms with van der Waals surface area (Å²) in [7, 11) is 1.86. The molecule has 0 aliphatic carbocycles. The lowest BCUT2D eigenvalue weighted by Crippen LogP contribution is -2.48. The minimum atomic E-state index is -0.355. The van der Waals surface area contributed by atoms with Crippen molar-refractivity contribution in [3.63, 3.8) is 0 Å². The fourth-order valence-electron chi connectivity index (χ4n) is 3.61. The summed E-state index contributed by atoms with van der Waals surface area (Å²) in [5.41, 5.74) is 2.95. The third-order valence-electron chi connectivity index (χ3n) is 4.71. The van der Waals surface area contributed by atoms with Crippen molar-refractivity contribution in [2.45, 2.75) is 26.9 Å². The Morgan fingerprint density at radius 3 is 2.65 bits per heavy atom. The van der Waals surface area contributed by atoms with Crippen molar-refractivity contribution in [1.82, 2.24) is 19.7 Å². The first-order valence-corrected chi connectivity index (χ1v) is 9.07. The number of rotatable bonds is 5. The van der Waals surface area contributed by atoms with E-state index in [0.717, 1.165) is 48.6 Å². The van der Waals surface area contributed by atoms with E-state index < -0.39 is 0 Å². The minimum Gasteiger partial charge on any atom is -0.462 e. The van der Waals surface area contributed by atoms with E-state index in [2.05, 4.69) is 19.9 Å². The summed E-state index contributed by atoms with van der Waals surface area (Å²) in [6.45, 7) is 9.73. The zero-order valence-electron chi connectivity index (χ0n) is 15.9. The number of hydrogen-bond acceptors (Lipinski definition) is 7. The van der Waals surface area contributed by atoms with Crippen LogP contribution in [0.5, 0.6) is 0 Å². The summed E-state index contributed by atoms with van der Waals surface area (Å²) in [6, 6.07) is 0. The maximum absolute atomic E-state index is 12.5. The molecule has 0 amide bonds. The van der Waals surface area contributed by atoms with E-state index in [1.54, 1.807) is 24.7 Å². The molecular formula is C18H27N5O3. The van der Waals surface area contributed by atoms with Gasteiger partial charge in [-0.2, -0.15) is 5.10 Å². The number of hydrogen-bond donors (Lipinski definition) is 1. The van der Waals surface area contributed by atoms with Gasteiger partial charge in [0.2, 0.25) is 0 Å². The van der Waals surface area contributed by atoms with Crippen LogP contribution in [0.3, 0.4) is 0 Å². The van der Waals surface area contributed by atoms with Gasteiger partial charge in [0, 0.05) is 46.0 Å². The third-order valence-corrected chi connectivity index (χ3v) is 4.71. The smallest absolute Gasteiger partial charge is 0.341 e. The summed E-state index contributed by atoms with van der Waals surface area (Å²) in [5, 5.41) is 15.0. The monoisotopic (exact) mass is 361 g/mol. The lowest BCUT2D eigenvalue weighted by Gasteiger charge is -2.37. The maximum Gasteiger partial charge on any atom is 0.341 e. The second kappa shape index (κ2) is 7.59. The molecular weight excluding hydrogens is 334 g/mol. The molecule has 1 saturated heterocycles. The van der Waals surface area contributed by atoms with E-state index >= 15 is 0 Å². The Kier molecular flexibility index (Phi) is 5.43. The SMILES string of the molecule is CCOC(=O)c1cnc2c(c(C)nn2C)c1N1CCN(C[C@@H](C)O)CC1. The highest BCUT2D eigenvalue weighted by Gasteiger charge is 2.27. The molecule has 2 aromatic heterocycles. The number of aromatic nitrogens is 3. The van der Waals surface area contributed by atoms with Crippen LogP contribution in [0.4, 0.5) is 5.69 Å². The molecule has 2 aromatic rings. The van der Waals surface area contributed by atoms with Gasteiger partial charge in [-0.3, -0.25) is 9.58 Å². The normalized spacial score (nSPS) is 16.9. The van der Waals surface area contributed by atoms with Crippen LogP contribution in [0.25, 0.3) is 11.0 Å². The van der Waals surface area contributed by atoms with E-state index in [1.807, 2.05) is 14.0 Å². The largest absolute Gasteiger partial charge is 0.462 e. The van der Waals surface area contributed by atoms with Gasteiger partial charge < -0.3 is 14.7 Å². The predicted molar refractivity (Wildman–Crippen MR) is 99.5 cm³/mol. The Morgan fingerprint density at radius 2 is 2.04 bits per heavy atom. The van der Waals surface area contributed by atoms with Gasteiger partial charge in [0.25, 0.3) is 0 Å². The van der Waals surface area contributed by atoms with Gasteiger partial charge in [-0.25, -0.2) is 9.78 Å². The highest BCUT2D eigenvalue weighted by Crippen LogP contribution is 2.33. The molecule has 3 rings (SSSR count). The van der Waals surface area contributed by atoms with Crippen LogP contribution < -0.4 is 4.90 Å². The molecule has 0 bridgehead atoms. The van der Waals surface area contributed by atoms with E-state index in [9.17, 15) is 9.90 Å². The van der Waals surface area contributed by atoms with Crippen molar-refractivity contribution in [2.75, 3.05) is 44.2 Å². The van der Waals surface area contributed by atoms with Crippen molar-refractivity contribution >= 4 is 22.7 Å². The number of β-amino-alcohol motifs (C(OH)–C–C–N with tert-alkyl or cyclic N) is 1. The first kappa shape index (κ1) is 18.6. The lowest BCUT2D eigenvalue weighted by atomic mass is 10.1. The zero-order valence-corrected chi connectivity index (χ0v) is 15.9. The average Bonchev–Trinajstić information content (AvgIpc) is 2.89. The maximum atomic E-state index is 12.5. The molecule has 0 saturated carbocycles. The molecule has 1 aliphatic heterocycles. The first-order valence-electron chi connectivity index (χ1n) is 9.07. The number of esters is 1.